The summed E-state index contributed by atoms with van der Waals surface area (Å²) in [4.78, 5) is 7.30. The van der Waals surface area contributed by atoms with Crippen molar-refractivity contribution in [1.29, 1.82) is 0 Å². The van der Waals surface area contributed by atoms with E-state index in [4.69, 9.17) is 21.1 Å². The van der Waals surface area contributed by atoms with Crippen LogP contribution in [0.15, 0.2) is 12.5 Å². The summed E-state index contributed by atoms with van der Waals surface area (Å²) in [6.45, 7) is 2.28. The van der Waals surface area contributed by atoms with Crippen molar-refractivity contribution >= 4 is 11.6 Å². The highest BCUT2D eigenvalue weighted by atomic mass is 35.5. The van der Waals surface area contributed by atoms with E-state index in [1.54, 1.807) is 6.92 Å². The Kier molecular flexibility index (Phi) is 4.65. The van der Waals surface area contributed by atoms with Crippen LogP contribution in [0.3, 0.4) is 0 Å². The summed E-state index contributed by atoms with van der Waals surface area (Å²) in [7, 11) is 0. The number of rotatable bonds is 4. The first-order chi connectivity index (χ1) is 8.98. The SMILES string of the molecule is CC(OC1CCCCO1)c1cncnc1C(F)(F)Cl. The predicted octanol–water partition coefficient (Wildman–Crippen LogP) is 3.37. The van der Waals surface area contributed by atoms with E-state index in [1.807, 2.05) is 0 Å². The number of alkyl halides is 3. The smallest absolute Gasteiger partial charge is 0.353 e. The molecule has 2 heterocycles. The minimum atomic E-state index is -3.54. The lowest BCUT2D eigenvalue weighted by molar-refractivity contribution is -0.186. The zero-order valence-electron chi connectivity index (χ0n) is 10.5. The number of aromatic nitrogens is 2. The number of halogens is 3. The maximum Gasteiger partial charge on any atom is 0.365 e. The quantitative estimate of drug-likeness (QED) is 0.798. The van der Waals surface area contributed by atoms with E-state index in [0.29, 0.717) is 6.61 Å². The van der Waals surface area contributed by atoms with Gasteiger partial charge < -0.3 is 9.47 Å². The van der Waals surface area contributed by atoms with Gasteiger partial charge in [-0.05, 0) is 37.8 Å². The Morgan fingerprint density at radius 2 is 2.32 bits per heavy atom. The average molecular weight is 293 g/mol. The molecule has 0 spiro atoms. The molecule has 106 valence electrons. The van der Waals surface area contributed by atoms with Crippen LogP contribution in [0.5, 0.6) is 0 Å². The summed E-state index contributed by atoms with van der Waals surface area (Å²) in [5, 5.41) is -3.54. The summed E-state index contributed by atoms with van der Waals surface area (Å²) < 4.78 is 37.5. The highest BCUT2D eigenvalue weighted by Crippen LogP contribution is 2.36. The first-order valence-electron chi connectivity index (χ1n) is 6.12. The molecule has 1 aliphatic heterocycles. The molecule has 2 rings (SSSR count). The van der Waals surface area contributed by atoms with Gasteiger partial charge in [0.1, 0.15) is 12.0 Å². The maximum atomic E-state index is 13.2. The van der Waals surface area contributed by atoms with Gasteiger partial charge >= 0.3 is 5.38 Å². The molecule has 7 heteroatoms. The summed E-state index contributed by atoms with van der Waals surface area (Å²) in [5.74, 6) is 0. The largest absolute Gasteiger partial charge is 0.365 e. The lowest BCUT2D eigenvalue weighted by Gasteiger charge is -2.27. The Morgan fingerprint density at radius 3 is 2.95 bits per heavy atom. The summed E-state index contributed by atoms with van der Waals surface area (Å²) in [6.07, 6.45) is 4.11. The average Bonchev–Trinajstić information content (AvgIpc) is 2.39. The lowest BCUT2D eigenvalue weighted by Crippen LogP contribution is -2.25. The fourth-order valence-corrected chi connectivity index (χ4v) is 2.15. The fourth-order valence-electron chi connectivity index (χ4n) is 1.99. The molecule has 1 aromatic heterocycles. The Hall–Kier alpha value is -0.850. The third-order valence-electron chi connectivity index (χ3n) is 2.94. The normalized spacial score (nSPS) is 22.2. The molecule has 1 saturated heterocycles. The van der Waals surface area contributed by atoms with Crippen LogP contribution in [0.1, 0.15) is 43.5 Å². The van der Waals surface area contributed by atoms with Gasteiger partial charge in [-0.15, -0.1) is 0 Å². The first kappa shape index (κ1) is 14.6. The van der Waals surface area contributed by atoms with Crippen LogP contribution in [-0.4, -0.2) is 22.9 Å². The van der Waals surface area contributed by atoms with Crippen LogP contribution in [0, 0.1) is 0 Å². The van der Waals surface area contributed by atoms with E-state index in [1.165, 1.54) is 6.20 Å². The molecule has 19 heavy (non-hydrogen) atoms. The fraction of sp³-hybridized carbons (Fsp3) is 0.667. The number of hydrogen-bond donors (Lipinski definition) is 0. The van der Waals surface area contributed by atoms with E-state index in [-0.39, 0.29) is 11.9 Å². The van der Waals surface area contributed by atoms with Gasteiger partial charge in [0.2, 0.25) is 0 Å². The lowest BCUT2D eigenvalue weighted by atomic mass is 10.1. The van der Waals surface area contributed by atoms with Crippen LogP contribution in [0.4, 0.5) is 8.78 Å². The van der Waals surface area contributed by atoms with Crippen molar-refractivity contribution in [2.24, 2.45) is 0 Å². The highest BCUT2D eigenvalue weighted by molar-refractivity contribution is 6.21. The molecule has 1 aliphatic rings. The molecule has 2 unspecified atom stereocenters. The highest BCUT2D eigenvalue weighted by Gasteiger charge is 2.35. The van der Waals surface area contributed by atoms with Crippen molar-refractivity contribution in [1.82, 2.24) is 9.97 Å². The minimum absolute atomic E-state index is 0.177. The van der Waals surface area contributed by atoms with Crippen LogP contribution >= 0.6 is 11.6 Å². The summed E-state index contributed by atoms with van der Waals surface area (Å²) in [6, 6.07) is 0. The monoisotopic (exact) mass is 292 g/mol. The van der Waals surface area contributed by atoms with Crippen molar-refractivity contribution in [2.45, 2.75) is 44.0 Å². The van der Waals surface area contributed by atoms with E-state index in [0.717, 1.165) is 25.6 Å². The van der Waals surface area contributed by atoms with Crippen molar-refractivity contribution < 1.29 is 18.3 Å². The Balaban J connectivity index is 2.12. The summed E-state index contributed by atoms with van der Waals surface area (Å²) in [5.41, 5.74) is -0.343. The van der Waals surface area contributed by atoms with Gasteiger partial charge in [-0.3, -0.25) is 0 Å². The van der Waals surface area contributed by atoms with Crippen LogP contribution < -0.4 is 0 Å². The van der Waals surface area contributed by atoms with E-state index < -0.39 is 17.2 Å². The maximum absolute atomic E-state index is 13.2. The van der Waals surface area contributed by atoms with Crippen molar-refractivity contribution in [2.75, 3.05) is 6.61 Å². The van der Waals surface area contributed by atoms with Crippen molar-refractivity contribution in [3.05, 3.63) is 23.8 Å². The van der Waals surface area contributed by atoms with Crippen LogP contribution in [-0.2, 0) is 14.9 Å². The zero-order valence-corrected chi connectivity index (χ0v) is 11.2. The Labute approximate surface area is 115 Å². The van der Waals surface area contributed by atoms with E-state index >= 15 is 0 Å². The third-order valence-corrected chi connectivity index (χ3v) is 3.12. The second-order valence-corrected chi connectivity index (χ2v) is 4.87. The molecule has 1 fully saturated rings. The number of hydrogen-bond acceptors (Lipinski definition) is 4. The zero-order chi connectivity index (χ0) is 13.9. The van der Waals surface area contributed by atoms with Crippen molar-refractivity contribution in [3.8, 4) is 0 Å². The molecule has 0 aliphatic carbocycles. The minimum Gasteiger partial charge on any atom is -0.353 e. The topological polar surface area (TPSA) is 44.2 Å². The van der Waals surface area contributed by atoms with Gasteiger partial charge in [-0.25, -0.2) is 9.97 Å². The van der Waals surface area contributed by atoms with Gasteiger partial charge in [0.25, 0.3) is 0 Å². The van der Waals surface area contributed by atoms with Crippen LogP contribution in [0.2, 0.25) is 0 Å². The molecule has 0 bridgehead atoms. The Morgan fingerprint density at radius 1 is 1.53 bits per heavy atom. The first-order valence-corrected chi connectivity index (χ1v) is 6.50. The molecule has 0 amide bonds. The Bertz CT molecular complexity index is 422. The molecule has 0 aromatic carbocycles. The molecular weight excluding hydrogens is 278 g/mol. The number of ether oxygens (including phenoxy) is 2. The number of nitrogens with zero attached hydrogens (tertiary/aromatic N) is 2. The van der Waals surface area contributed by atoms with E-state index in [2.05, 4.69) is 9.97 Å². The van der Waals surface area contributed by atoms with Crippen LogP contribution in [0.25, 0.3) is 0 Å². The van der Waals surface area contributed by atoms with Gasteiger partial charge in [0.05, 0.1) is 6.10 Å². The third kappa shape index (κ3) is 3.81. The molecule has 0 radical (unpaired) electrons. The summed E-state index contributed by atoms with van der Waals surface area (Å²) >= 11 is 5.04. The molecule has 0 saturated carbocycles. The predicted molar refractivity (Wildman–Crippen MR) is 64.9 cm³/mol. The second-order valence-electron chi connectivity index (χ2n) is 4.40. The van der Waals surface area contributed by atoms with Gasteiger partial charge in [0.15, 0.2) is 6.29 Å². The van der Waals surface area contributed by atoms with Gasteiger partial charge in [-0.2, -0.15) is 8.78 Å². The standard InChI is InChI=1S/C12H15ClF2N2O2/c1-8(19-10-4-2-3-5-18-10)9-6-16-7-17-11(9)12(13,14)15/h6-8,10H,2-5H2,1H3. The van der Waals surface area contributed by atoms with E-state index in [9.17, 15) is 8.78 Å². The molecule has 4 nitrogen and oxygen atoms in total. The second kappa shape index (κ2) is 6.07. The molecule has 2 atom stereocenters. The van der Waals surface area contributed by atoms with Crippen molar-refractivity contribution in [3.63, 3.8) is 0 Å². The molecule has 0 N–H and O–H groups in total. The van der Waals surface area contributed by atoms with Gasteiger partial charge in [0, 0.05) is 18.4 Å². The molecule has 1 aromatic rings. The molecular formula is C12H15ClF2N2O2. The van der Waals surface area contributed by atoms with Gasteiger partial charge in [-0.1, -0.05) is 0 Å².